The van der Waals surface area contributed by atoms with Crippen LogP contribution in [0.3, 0.4) is 0 Å². The van der Waals surface area contributed by atoms with Crippen molar-refractivity contribution < 1.29 is 15.0 Å². The number of aliphatic hydroxyl groups is 1. The van der Waals surface area contributed by atoms with E-state index in [0.29, 0.717) is 0 Å². The lowest BCUT2D eigenvalue weighted by atomic mass is 10.5. The van der Waals surface area contributed by atoms with Gasteiger partial charge in [-0.25, -0.2) is 4.79 Å². The summed E-state index contributed by atoms with van der Waals surface area (Å²) in [4.78, 5) is 9.56. The summed E-state index contributed by atoms with van der Waals surface area (Å²) in [6.45, 7) is -0.216. The summed E-state index contributed by atoms with van der Waals surface area (Å²) >= 11 is 0. The molecule has 0 aliphatic rings. The average Bonchev–Trinajstić information content (AvgIpc) is 1.61. The first-order chi connectivity index (χ1) is 3.27. The summed E-state index contributed by atoms with van der Waals surface area (Å²) < 4.78 is 0. The van der Waals surface area contributed by atoms with Crippen LogP contribution >= 0.6 is 0 Å². The second-order valence-electron chi connectivity index (χ2n) is 0.923. The smallest absolute Gasteiger partial charge is 0.328 e. The van der Waals surface area contributed by atoms with Crippen molar-refractivity contribution in [2.45, 2.75) is 0 Å². The minimum absolute atomic E-state index is 0.216. The van der Waals surface area contributed by atoms with Crippen LogP contribution in [0.4, 0.5) is 0 Å². The second kappa shape index (κ2) is 3.36. The molecule has 0 amide bonds. The third-order valence-electron chi connectivity index (χ3n) is 0.366. The van der Waals surface area contributed by atoms with Crippen LogP contribution < -0.4 is 0 Å². The maximum Gasteiger partial charge on any atom is 0.328 e. The third-order valence-corrected chi connectivity index (χ3v) is 0.366. The minimum atomic E-state index is -1.03. The molecule has 0 heterocycles. The van der Waals surface area contributed by atoms with E-state index in [1.807, 2.05) is 0 Å². The fraction of sp³-hybridized carbons (Fsp3) is 0.250. The molecule has 0 radical (unpaired) electrons. The summed E-state index contributed by atoms with van der Waals surface area (Å²) in [6, 6.07) is 0. The van der Waals surface area contributed by atoms with Gasteiger partial charge in [-0.1, -0.05) is 6.08 Å². The molecule has 0 aromatic heterocycles. The minimum Gasteiger partial charge on any atom is -0.478 e. The predicted octanol–water partition coefficient (Wildman–Crippen LogP) is -0.381. The average molecular weight is 102 g/mol. The van der Waals surface area contributed by atoms with Crippen LogP contribution in [-0.4, -0.2) is 22.8 Å². The molecule has 0 saturated carbocycles. The van der Waals surface area contributed by atoms with E-state index >= 15 is 0 Å². The molecule has 7 heavy (non-hydrogen) atoms. The second-order valence-corrected chi connectivity index (χ2v) is 0.923. The van der Waals surface area contributed by atoms with Crippen molar-refractivity contribution >= 4 is 5.97 Å². The van der Waals surface area contributed by atoms with Gasteiger partial charge < -0.3 is 10.2 Å². The van der Waals surface area contributed by atoms with Crippen molar-refractivity contribution in [3.8, 4) is 0 Å². The van der Waals surface area contributed by atoms with E-state index in [1.54, 1.807) is 0 Å². The molecule has 0 aromatic rings. The molecule has 0 saturated heterocycles. The molecule has 0 bridgehead atoms. The normalized spacial score (nSPS) is 9.86. The number of carboxylic acid groups (broad SMARTS) is 1. The van der Waals surface area contributed by atoms with Gasteiger partial charge >= 0.3 is 5.97 Å². The molecule has 0 aliphatic heterocycles. The highest BCUT2D eigenvalue weighted by atomic mass is 16.4. The Morgan fingerprint density at radius 2 is 2.29 bits per heavy atom. The van der Waals surface area contributed by atoms with Crippen molar-refractivity contribution in [1.82, 2.24) is 0 Å². The van der Waals surface area contributed by atoms with Gasteiger partial charge in [0.25, 0.3) is 0 Å². The number of carboxylic acids is 1. The SMILES string of the molecule is O=C(O)C=CCO. The summed E-state index contributed by atoms with van der Waals surface area (Å²) in [6.07, 6.45) is 2.04. The molecule has 3 heteroatoms. The highest BCUT2D eigenvalue weighted by Crippen LogP contribution is 1.67. The lowest BCUT2D eigenvalue weighted by molar-refractivity contribution is -0.131. The number of rotatable bonds is 2. The first-order valence-electron chi connectivity index (χ1n) is 1.77. The maximum atomic E-state index is 9.56. The van der Waals surface area contributed by atoms with Gasteiger partial charge in [-0.2, -0.15) is 0 Å². The van der Waals surface area contributed by atoms with Crippen molar-refractivity contribution in [2.75, 3.05) is 6.61 Å². The van der Waals surface area contributed by atoms with Gasteiger partial charge in [-0.15, -0.1) is 0 Å². The largest absolute Gasteiger partial charge is 0.478 e. The summed E-state index contributed by atoms with van der Waals surface area (Å²) in [7, 11) is 0. The fourth-order valence-corrected chi connectivity index (χ4v) is 0.154. The van der Waals surface area contributed by atoms with Crippen molar-refractivity contribution in [2.24, 2.45) is 0 Å². The zero-order chi connectivity index (χ0) is 5.70. The van der Waals surface area contributed by atoms with Gasteiger partial charge in [-0.05, 0) is 0 Å². The van der Waals surface area contributed by atoms with Crippen LogP contribution in [0, 0.1) is 0 Å². The Bertz CT molecular complexity index is 84.9. The maximum absolute atomic E-state index is 9.56. The van der Waals surface area contributed by atoms with Crippen LogP contribution in [0.2, 0.25) is 0 Å². The van der Waals surface area contributed by atoms with Crippen molar-refractivity contribution in [1.29, 1.82) is 0 Å². The molecular weight excluding hydrogens is 96.0 g/mol. The summed E-state index contributed by atoms with van der Waals surface area (Å²) in [5, 5.41) is 15.8. The zero-order valence-electron chi connectivity index (χ0n) is 3.66. The fourth-order valence-electron chi connectivity index (χ4n) is 0.154. The topological polar surface area (TPSA) is 57.5 Å². The molecule has 0 unspecified atom stereocenters. The van der Waals surface area contributed by atoms with Crippen LogP contribution in [0.5, 0.6) is 0 Å². The van der Waals surface area contributed by atoms with Gasteiger partial charge in [0.1, 0.15) is 0 Å². The van der Waals surface area contributed by atoms with Crippen LogP contribution in [0.1, 0.15) is 0 Å². The van der Waals surface area contributed by atoms with E-state index in [9.17, 15) is 4.79 Å². The van der Waals surface area contributed by atoms with Crippen molar-refractivity contribution in [3.05, 3.63) is 12.2 Å². The number of aliphatic carboxylic acids is 1. The molecule has 0 rings (SSSR count). The van der Waals surface area contributed by atoms with Crippen LogP contribution in [0.15, 0.2) is 12.2 Å². The molecular formula is C4H6O3. The van der Waals surface area contributed by atoms with E-state index in [1.165, 1.54) is 0 Å². The summed E-state index contributed by atoms with van der Waals surface area (Å²) in [5.41, 5.74) is 0. The molecule has 40 valence electrons. The molecule has 0 spiro atoms. The van der Waals surface area contributed by atoms with Crippen LogP contribution in [0.25, 0.3) is 0 Å². The highest BCUT2D eigenvalue weighted by Gasteiger charge is 1.79. The van der Waals surface area contributed by atoms with Crippen molar-refractivity contribution in [3.63, 3.8) is 0 Å². The Morgan fingerprint density at radius 1 is 1.71 bits per heavy atom. The highest BCUT2D eigenvalue weighted by molar-refractivity contribution is 5.79. The van der Waals surface area contributed by atoms with E-state index in [2.05, 4.69) is 0 Å². The molecule has 0 aromatic carbocycles. The Hall–Kier alpha value is -0.830. The molecule has 0 atom stereocenters. The third kappa shape index (κ3) is 5.17. The van der Waals surface area contributed by atoms with E-state index in [0.717, 1.165) is 12.2 Å². The first-order valence-corrected chi connectivity index (χ1v) is 1.77. The lowest BCUT2D eigenvalue weighted by Gasteiger charge is -1.73. The Kier molecular flexibility index (Phi) is 2.96. The predicted molar refractivity (Wildman–Crippen MR) is 23.9 cm³/mol. The van der Waals surface area contributed by atoms with Gasteiger partial charge in [0.05, 0.1) is 6.61 Å². The molecule has 0 fully saturated rings. The molecule has 3 nitrogen and oxygen atoms in total. The Labute approximate surface area is 40.9 Å². The monoisotopic (exact) mass is 102 g/mol. The number of hydrogen-bond acceptors (Lipinski definition) is 2. The number of hydrogen-bond donors (Lipinski definition) is 2. The molecule has 2 N–H and O–H groups in total. The van der Waals surface area contributed by atoms with Gasteiger partial charge in [-0.3, -0.25) is 0 Å². The zero-order valence-corrected chi connectivity index (χ0v) is 3.66. The molecule has 0 aliphatic carbocycles. The summed E-state index contributed by atoms with van der Waals surface area (Å²) in [5.74, 6) is -1.03. The van der Waals surface area contributed by atoms with E-state index < -0.39 is 5.97 Å². The quantitative estimate of drug-likeness (QED) is 0.467. The van der Waals surface area contributed by atoms with Gasteiger partial charge in [0.2, 0.25) is 0 Å². The Morgan fingerprint density at radius 3 is 2.43 bits per heavy atom. The lowest BCUT2D eigenvalue weighted by Crippen LogP contribution is -1.86. The Balaban J connectivity index is 3.26. The van der Waals surface area contributed by atoms with Gasteiger partial charge in [0.15, 0.2) is 0 Å². The van der Waals surface area contributed by atoms with E-state index in [4.69, 9.17) is 10.2 Å². The van der Waals surface area contributed by atoms with E-state index in [-0.39, 0.29) is 6.61 Å². The van der Waals surface area contributed by atoms with Crippen LogP contribution in [-0.2, 0) is 4.79 Å². The van der Waals surface area contributed by atoms with Gasteiger partial charge in [0, 0.05) is 6.08 Å². The number of aliphatic hydroxyl groups excluding tert-OH is 1. The standard InChI is InChI=1S/C4H6O3/c5-3-1-2-4(6)7/h1-2,5H,3H2,(H,6,7). The first kappa shape index (κ1) is 6.17. The number of carbonyl (C=O) groups is 1.